The first-order valence-corrected chi connectivity index (χ1v) is 9.79. The zero-order valence-electron chi connectivity index (χ0n) is 16.0. The van der Waals surface area contributed by atoms with E-state index in [0.29, 0.717) is 18.7 Å². The lowest BCUT2D eigenvalue weighted by Gasteiger charge is -2.26. The molecule has 1 spiro atoms. The first kappa shape index (κ1) is 17.8. The van der Waals surface area contributed by atoms with E-state index in [1.54, 1.807) is 18.3 Å². The molecule has 146 valence electrons. The third-order valence-electron chi connectivity index (χ3n) is 5.95. The zero-order valence-corrected chi connectivity index (χ0v) is 16.0. The first-order chi connectivity index (χ1) is 14.1. The number of benzene rings is 1. The molecular weight excluding hydrogens is 367 g/mol. The Bertz CT molecular complexity index is 1040. The SMILES string of the molecule is O=C(c1ccc(F)cc1)N1CC[C@@]2(C1)CN(Cc1cccnc1)c1cccnc12. The number of carbonyl (C=O) groups is 1. The predicted octanol–water partition coefficient (Wildman–Crippen LogP) is 3.42. The van der Waals surface area contributed by atoms with Crippen LogP contribution in [0.2, 0.25) is 0 Å². The number of anilines is 1. The lowest BCUT2D eigenvalue weighted by Crippen LogP contribution is -2.38. The molecule has 0 radical (unpaired) electrons. The maximum Gasteiger partial charge on any atom is 0.253 e. The molecule has 1 atom stereocenters. The van der Waals surface area contributed by atoms with Crippen LogP contribution in [-0.4, -0.2) is 40.4 Å². The van der Waals surface area contributed by atoms with Crippen molar-refractivity contribution >= 4 is 11.6 Å². The first-order valence-electron chi connectivity index (χ1n) is 9.79. The van der Waals surface area contributed by atoms with Crippen LogP contribution in [0.4, 0.5) is 10.1 Å². The highest BCUT2D eigenvalue weighted by Crippen LogP contribution is 2.45. The van der Waals surface area contributed by atoms with Crippen molar-refractivity contribution in [2.45, 2.75) is 18.4 Å². The molecule has 3 aromatic rings. The highest BCUT2D eigenvalue weighted by atomic mass is 19.1. The summed E-state index contributed by atoms with van der Waals surface area (Å²) >= 11 is 0. The van der Waals surface area contributed by atoms with E-state index in [1.165, 1.54) is 12.1 Å². The number of rotatable bonds is 3. The molecule has 5 rings (SSSR count). The van der Waals surface area contributed by atoms with Crippen LogP contribution in [0, 0.1) is 5.82 Å². The second-order valence-electron chi connectivity index (χ2n) is 7.85. The molecule has 2 aliphatic rings. The number of pyridine rings is 2. The van der Waals surface area contributed by atoms with E-state index in [9.17, 15) is 9.18 Å². The summed E-state index contributed by atoms with van der Waals surface area (Å²) < 4.78 is 13.2. The summed E-state index contributed by atoms with van der Waals surface area (Å²) in [6, 6.07) is 13.9. The number of amides is 1. The molecule has 2 aromatic heterocycles. The van der Waals surface area contributed by atoms with Crippen molar-refractivity contribution in [3.8, 4) is 0 Å². The molecule has 5 nitrogen and oxygen atoms in total. The molecule has 0 saturated carbocycles. The Hall–Kier alpha value is -3.28. The molecule has 29 heavy (non-hydrogen) atoms. The molecule has 0 bridgehead atoms. The quantitative estimate of drug-likeness (QED) is 0.690. The second-order valence-corrected chi connectivity index (χ2v) is 7.85. The summed E-state index contributed by atoms with van der Waals surface area (Å²) in [6.45, 7) is 2.88. The number of hydrogen-bond donors (Lipinski definition) is 0. The van der Waals surface area contributed by atoms with Gasteiger partial charge >= 0.3 is 0 Å². The van der Waals surface area contributed by atoms with E-state index >= 15 is 0 Å². The van der Waals surface area contributed by atoms with Crippen molar-refractivity contribution in [3.05, 3.63) is 89.8 Å². The van der Waals surface area contributed by atoms with Crippen LogP contribution in [0.3, 0.4) is 0 Å². The number of fused-ring (bicyclic) bond motifs is 2. The van der Waals surface area contributed by atoms with Gasteiger partial charge in [-0.3, -0.25) is 14.8 Å². The Balaban J connectivity index is 1.41. The van der Waals surface area contributed by atoms with Crippen LogP contribution < -0.4 is 4.90 Å². The van der Waals surface area contributed by atoms with E-state index in [1.807, 2.05) is 29.4 Å². The fourth-order valence-electron chi connectivity index (χ4n) is 4.58. The number of halogens is 1. The number of carbonyl (C=O) groups excluding carboxylic acids is 1. The Morgan fingerprint density at radius 2 is 1.90 bits per heavy atom. The lowest BCUT2D eigenvalue weighted by molar-refractivity contribution is 0.0784. The molecule has 4 heterocycles. The third-order valence-corrected chi connectivity index (χ3v) is 5.95. The van der Waals surface area contributed by atoms with Gasteiger partial charge in [-0.15, -0.1) is 0 Å². The van der Waals surface area contributed by atoms with Gasteiger partial charge in [0, 0.05) is 50.3 Å². The summed E-state index contributed by atoms with van der Waals surface area (Å²) in [5, 5.41) is 0. The predicted molar refractivity (Wildman–Crippen MR) is 108 cm³/mol. The summed E-state index contributed by atoms with van der Waals surface area (Å²) in [7, 11) is 0. The average Bonchev–Trinajstić information content (AvgIpc) is 3.31. The van der Waals surface area contributed by atoms with E-state index in [4.69, 9.17) is 4.98 Å². The number of nitrogens with zero attached hydrogens (tertiary/aromatic N) is 4. The Morgan fingerprint density at radius 1 is 1.07 bits per heavy atom. The average molecular weight is 388 g/mol. The van der Waals surface area contributed by atoms with Gasteiger partial charge in [0.25, 0.3) is 5.91 Å². The Kier molecular flexibility index (Phi) is 4.27. The van der Waals surface area contributed by atoms with Gasteiger partial charge in [-0.1, -0.05) is 6.07 Å². The topological polar surface area (TPSA) is 49.3 Å². The fourth-order valence-corrected chi connectivity index (χ4v) is 4.58. The van der Waals surface area contributed by atoms with E-state index in [-0.39, 0.29) is 17.1 Å². The maximum absolute atomic E-state index is 13.2. The molecule has 1 amide bonds. The number of hydrogen-bond acceptors (Lipinski definition) is 4. The third kappa shape index (κ3) is 3.14. The highest BCUT2D eigenvalue weighted by molar-refractivity contribution is 5.94. The molecule has 0 aliphatic carbocycles. The van der Waals surface area contributed by atoms with E-state index in [0.717, 1.165) is 36.5 Å². The van der Waals surface area contributed by atoms with Crippen molar-refractivity contribution in [1.82, 2.24) is 14.9 Å². The number of likely N-dealkylation sites (tertiary alicyclic amines) is 1. The fraction of sp³-hybridized carbons (Fsp3) is 0.261. The van der Waals surface area contributed by atoms with Gasteiger partial charge in [-0.05, 0) is 54.4 Å². The molecule has 1 saturated heterocycles. The maximum atomic E-state index is 13.2. The summed E-state index contributed by atoms with van der Waals surface area (Å²) in [4.78, 5) is 26.1. The van der Waals surface area contributed by atoms with Crippen molar-refractivity contribution in [2.24, 2.45) is 0 Å². The minimum Gasteiger partial charge on any atom is -0.365 e. The van der Waals surface area contributed by atoms with Crippen LogP contribution in [-0.2, 0) is 12.0 Å². The van der Waals surface area contributed by atoms with Crippen molar-refractivity contribution in [1.29, 1.82) is 0 Å². The van der Waals surface area contributed by atoms with Gasteiger partial charge in [-0.2, -0.15) is 0 Å². The number of aromatic nitrogens is 2. The molecule has 0 unspecified atom stereocenters. The molecule has 6 heteroatoms. The van der Waals surface area contributed by atoms with Crippen molar-refractivity contribution in [3.63, 3.8) is 0 Å². The van der Waals surface area contributed by atoms with Crippen LogP contribution in [0.15, 0.2) is 67.1 Å². The molecular formula is C23H21FN4O. The second kappa shape index (κ2) is 6.95. The van der Waals surface area contributed by atoms with E-state index < -0.39 is 0 Å². The molecule has 1 aromatic carbocycles. The Labute approximate surface area is 168 Å². The smallest absolute Gasteiger partial charge is 0.253 e. The summed E-state index contributed by atoms with van der Waals surface area (Å²) in [5.41, 5.74) is 3.70. The summed E-state index contributed by atoms with van der Waals surface area (Å²) in [5.74, 6) is -0.385. The monoisotopic (exact) mass is 388 g/mol. The lowest BCUT2D eigenvalue weighted by atomic mass is 9.85. The molecule has 1 fully saturated rings. The van der Waals surface area contributed by atoms with Gasteiger partial charge in [0.1, 0.15) is 5.82 Å². The minimum absolute atomic E-state index is 0.0509. The molecule has 0 N–H and O–H groups in total. The van der Waals surface area contributed by atoms with E-state index in [2.05, 4.69) is 22.0 Å². The van der Waals surface area contributed by atoms with Crippen LogP contribution >= 0.6 is 0 Å². The van der Waals surface area contributed by atoms with Crippen LogP contribution in [0.25, 0.3) is 0 Å². The van der Waals surface area contributed by atoms with Crippen LogP contribution in [0.5, 0.6) is 0 Å². The molecule has 2 aliphatic heterocycles. The van der Waals surface area contributed by atoms with Crippen LogP contribution in [0.1, 0.15) is 28.0 Å². The van der Waals surface area contributed by atoms with Gasteiger partial charge in [0.2, 0.25) is 0 Å². The van der Waals surface area contributed by atoms with Crippen molar-refractivity contribution in [2.75, 3.05) is 24.5 Å². The standard InChI is InChI=1S/C23H21FN4O/c24-19-7-5-18(6-8-19)22(29)27-12-9-23(15-27)16-28(14-17-3-1-10-25-13-17)20-4-2-11-26-21(20)23/h1-8,10-11,13H,9,12,14-16H2/t23-/m1/s1. The van der Waals surface area contributed by atoms with Gasteiger partial charge in [0.15, 0.2) is 0 Å². The van der Waals surface area contributed by atoms with Gasteiger partial charge in [-0.25, -0.2) is 4.39 Å². The Morgan fingerprint density at radius 3 is 2.69 bits per heavy atom. The van der Waals surface area contributed by atoms with Gasteiger partial charge < -0.3 is 9.80 Å². The normalized spacial score (nSPS) is 20.3. The van der Waals surface area contributed by atoms with Gasteiger partial charge in [0.05, 0.1) is 16.8 Å². The summed E-state index contributed by atoms with van der Waals surface area (Å²) in [6.07, 6.45) is 6.37. The minimum atomic E-state index is -0.334. The van der Waals surface area contributed by atoms with Crippen molar-refractivity contribution < 1.29 is 9.18 Å². The largest absolute Gasteiger partial charge is 0.365 e. The zero-order chi connectivity index (χ0) is 19.8. The highest BCUT2D eigenvalue weighted by Gasteiger charge is 2.49.